The quantitative estimate of drug-likeness (QED) is 0.751. The number of nitrogens with one attached hydrogen (secondary N) is 1. The first-order chi connectivity index (χ1) is 10.7. The molecule has 3 rings (SSSR count). The summed E-state index contributed by atoms with van der Waals surface area (Å²) in [7, 11) is 0. The van der Waals surface area contributed by atoms with E-state index in [1.54, 1.807) is 12.4 Å². The number of aromatic amines is 1. The predicted molar refractivity (Wildman–Crippen MR) is 83.1 cm³/mol. The van der Waals surface area contributed by atoms with Gasteiger partial charge in [-0.05, 0) is 0 Å². The van der Waals surface area contributed by atoms with E-state index in [0.29, 0.717) is 5.82 Å². The number of carbonyl (C=O) groups excluding carboxylic acids is 1. The van der Waals surface area contributed by atoms with E-state index in [9.17, 15) is 4.79 Å². The Balaban J connectivity index is 2.30. The Hall–Kier alpha value is -2.88. The van der Waals surface area contributed by atoms with Gasteiger partial charge < -0.3 is 9.72 Å². The van der Waals surface area contributed by atoms with Gasteiger partial charge in [0.05, 0.1) is 0 Å². The molecule has 0 saturated heterocycles. The Morgan fingerprint density at radius 3 is 1.95 bits per heavy atom. The highest BCUT2D eigenvalue weighted by Crippen LogP contribution is 2.38. The molecule has 2 aromatic carbocycles. The number of aromatic nitrogens is 2. The lowest BCUT2D eigenvalue weighted by Crippen LogP contribution is -2.35. The Morgan fingerprint density at radius 2 is 1.55 bits per heavy atom. The molecule has 4 nitrogen and oxygen atoms in total. The van der Waals surface area contributed by atoms with Crippen molar-refractivity contribution in [2.24, 2.45) is 0 Å². The fraction of sp³-hybridized carbons (Fsp3) is 0.111. The van der Waals surface area contributed by atoms with Gasteiger partial charge >= 0.3 is 5.97 Å². The zero-order chi connectivity index (χ0) is 15.4. The zero-order valence-electron chi connectivity index (χ0n) is 12.2. The largest absolute Gasteiger partial charge is 0.441 e. The minimum absolute atomic E-state index is 0.371. The van der Waals surface area contributed by atoms with Gasteiger partial charge in [0.15, 0.2) is 5.82 Å². The molecule has 0 amide bonds. The normalized spacial score (nSPS) is 11.1. The third-order valence-corrected chi connectivity index (χ3v) is 3.49. The number of rotatable bonds is 4. The molecule has 0 aliphatic rings. The molecule has 3 aromatic rings. The Morgan fingerprint density at radius 1 is 1.00 bits per heavy atom. The maximum atomic E-state index is 11.8. The van der Waals surface area contributed by atoms with E-state index >= 15 is 0 Å². The van der Waals surface area contributed by atoms with Crippen molar-refractivity contribution >= 4 is 5.97 Å². The van der Waals surface area contributed by atoms with E-state index in [2.05, 4.69) is 9.97 Å². The van der Waals surface area contributed by atoms with E-state index in [1.165, 1.54) is 6.92 Å². The molecular formula is C18H16N2O2. The van der Waals surface area contributed by atoms with Crippen molar-refractivity contribution in [1.82, 2.24) is 9.97 Å². The highest BCUT2D eigenvalue weighted by atomic mass is 16.6. The first kappa shape index (κ1) is 14.1. The van der Waals surface area contributed by atoms with Crippen LogP contribution >= 0.6 is 0 Å². The number of H-pyrrole nitrogens is 1. The minimum atomic E-state index is -1.09. The first-order valence-electron chi connectivity index (χ1n) is 7.04. The molecule has 4 heteroatoms. The maximum absolute atomic E-state index is 11.8. The summed E-state index contributed by atoms with van der Waals surface area (Å²) in [5.74, 6) is 0.198. The van der Waals surface area contributed by atoms with Gasteiger partial charge in [0, 0.05) is 30.4 Å². The van der Waals surface area contributed by atoms with Crippen molar-refractivity contribution in [3.8, 4) is 0 Å². The lowest BCUT2D eigenvalue weighted by molar-refractivity contribution is -0.151. The van der Waals surface area contributed by atoms with Crippen molar-refractivity contribution in [1.29, 1.82) is 0 Å². The van der Waals surface area contributed by atoms with Crippen molar-refractivity contribution in [3.05, 3.63) is 90.0 Å². The fourth-order valence-electron chi connectivity index (χ4n) is 2.63. The molecule has 110 valence electrons. The number of imidazole rings is 1. The monoisotopic (exact) mass is 292 g/mol. The molecule has 0 spiro atoms. The second-order valence-electron chi connectivity index (χ2n) is 4.94. The molecule has 1 heterocycles. The second kappa shape index (κ2) is 5.85. The molecule has 0 radical (unpaired) electrons. The van der Waals surface area contributed by atoms with E-state index in [4.69, 9.17) is 4.74 Å². The number of ether oxygens (including phenoxy) is 1. The molecule has 0 aliphatic carbocycles. The van der Waals surface area contributed by atoms with Crippen LogP contribution in [-0.2, 0) is 15.1 Å². The summed E-state index contributed by atoms with van der Waals surface area (Å²) in [5, 5.41) is 0. The average Bonchev–Trinajstić information content (AvgIpc) is 3.09. The molecule has 0 fully saturated rings. The summed E-state index contributed by atoms with van der Waals surface area (Å²) in [6.45, 7) is 1.41. The van der Waals surface area contributed by atoms with Crippen LogP contribution in [0, 0.1) is 0 Å². The van der Waals surface area contributed by atoms with E-state index < -0.39 is 5.60 Å². The number of hydrogen-bond acceptors (Lipinski definition) is 3. The SMILES string of the molecule is CC(=O)OC(c1ccccc1)(c1ccccc1)c1ncc[nH]1. The minimum Gasteiger partial charge on any atom is -0.441 e. The van der Waals surface area contributed by atoms with Crippen LogP contribution in [0.15, 0.2) is 73.1 Å². The maximum Gasteiger partial charge on any atom is 0.304 e. The summed E-state index contributed by atoms with van der Waals surface area (Å²) < 4.78 is 5.82. The van der Waals surface area contributed by atoms with Gasteiger partial charge in [0.1, 0.15) is 0 Å². The summed E-state index contributed by atoms with van der Waals surface area (Å²) in [5.41, 5.74) is 0.593. The van der Waals surface area contributed by atoms with Crippen molar-refractivity contribution in [2.75, 3.05) is 0 Å². The van der Waals surface area contributed by atoms with Crippen LogP contribution in [0.1, 0.15) is 23.9 Å². The van der Waals surface area contributed by atoms with Gasteiger partial charge in [-0.3, -0.25) is 4.79 Å². The molecule has 0 unspecified atom stereocenters. The number of hydrogen-bond donors (Lipinski definition) is 1. The summed E-state index contributed by atoms with van der Waals surface area (Å²) in [6, 6.07) is 19.2. The predicted octanol–water partition coefficient (Wildman–Crippen LogP) is 3.26. The zero-order valence-corrected chi connectivity index (χ0v) is 12.2. The van der Waals surface area contributed by atoms with Gasteiger partial charge in [0.25, 0.3) is 0 Å². The van der Waals surface area contributed by atoms with Gasteiger partial charge in [-0.25, -0.2) is 4.98 Å². The fourth-order valence-corrected chi connectivity index (χ4v) is 2.63. The lowest BCUT2D eigenvalue weighted by Gasteiger charge is -2.32. The Bertz CT molecular complexity index is 698. The smallest absolute Gasteiger partial charge is 0.304 e. The Labute approximate surface area is 128 Å². The molecule has 22 heavy (non-hydrogen) atoms. The van der Waals surface area contributed by atoms with Gasteiger partial charge in [-0.15, -0.1) is 0 Å². The van der Waals surface area contributed by atoms with Crippen LogP contribution in [0.2, 0.25) is 0 Å². The molecular weight excluding hydrogens is 276 g/mol. The topological polar surface area (TPSA) is 55.0 Å². The van der Waals surface area contributed by atoms with Gasteiger partial charge in [0.2, 0.25) is 5.60 Å². The second-order valence-corrected chi connectivity index (χ2v) is 4.94. The standard InChI is InChI=1S/C18H16N2O2/c1-14(21)22-18(17-19-12-13-20-17,15-8-4-2-5-9-15)16-10-6-3-7-11-16/h2-13H,1H3,(H,19,20). The van der Waals surface area contributed by atoms with E-state index in [-0.39, 0.29) is 5.97 Å². The van der Waals surface area contributed by atoms with Crippen LogP contribution < -0.4 is 0 Å². The van der Waals surface area contributed by atoms with E-state index in [1.807, 2.05) is 60.7 Å². The number of carbonyl (C=O) groups is 1. The van der Waals surface area contributed by atoms with Crippen LogP contribution in [0.4, 0.5) is 0 Å². The summed E-state index contributed by atoms with van der Waals surface area (Å²) in [4.78, 5) is 19.3. The van der Waals surface area contributed by atoms with Crippen LogP contribution in [0.25, 0.3) is 0 Å². The molecule has 0 atom stereocenters. The average molecular weight is 292 g/mol. The third kappa shape index (κ3) is 2.39. The van der Waals surface area contributed by atoms with E-state index in [0.717, 1.165) is 11.1 Å². The van der Waals surface area contributed by atoms with Crippen LogP contribution in [-0.4, -0.2) is 15.9 Å². The van der Waals surface area contributed by atoms with Gasteiger partial charge in [-0.2, -0.15) is 0 Å². The highest BCUT2D eigenvalue weighted by molar-refractivity contribution is 5.68. The molecule has 1 aromatic heterocycles. The lowest BCUT2D eigenvalue weighted by atomic mass is 9.85. The van der Waals surface area contributed by atoms with Crippen molar-refractivity contribution < 1.29 is 9.53 Å². The number of benzene rings is 2. The summed E-state index contributed by atoms with van der Waals surface area (Å²) >= 11 is 0. The number of nitrogens with zero attached hydrogens (tertiary/aromatic N) is 1. The highest BCUT2D eigenvalue weighted by Gasteiger charge is 2.42. The van der Waals surface area contributed by atoms with Crippen molar-refractivity contribution in [2.45, 2.75) is 12.5 Å². The third-order valence-electron chi connectivity index (χ3n) is 3.49. The van der Waals surface area contributed by atoms with Crippen LogP contribution in [0.5, 0.6) is 0 Å². The molecule has 0 bridgehead atoms. The molecule has 0 aliphatic heterocycles. The van der Waals surface area contributed by atoms with Crippen LogP contribution in [0.3, 0.4) is 0 Å². The molecule has 0 saturated carbocycles. The Kier molecular flexibility index (Phi) is 3.74. The van der Waals surface area contributed by atoms with Crippen molar-refractivity contribution in [3.63, 3.8) is 0 Å². The first-order valence-corrected chi connectivity index (χ1v) is 7.04. The molecule has 1 N–H and O–H groups in total. The summed E-state index contributed by atoms with van der Waals surface area (Å²) in [6.07, 6.45) is 3.37. The van der Waals surface area contributed by atoms with Gasteiger partial charge in [-0.1, -0.05) is 60.7 Å². The number of esters is 1.